The van der Waals surface area contributed by atoms with Crippen LogP contribution in [0.3, 0.4) is 0 Å². The van der Waals surface area contributed by atoms with Gasteiger partial charge in [0.2, 0.25) is 10.0 Å². The Kier molecular flexibility index (Phi) is 4.74. The quantitative estimate of drug-likeness (QED) is 0.725. The maximum absolute atomic E-state index is 12.3. The molecule has 0 bridgehead atoms. The molecular weight excluding hydrogens is 294 g/mol. The van der Waals surface area contributed by atoms with Crippen LogP contribution in [0.25, 0.3) is 0 Å². The Bertz CT molecular complexity index is 597. The monoisotopic (exact) mass is 313 g/mol. The van der Waals surface area contributed by atoms with Crippen molar-refractivity contribution in [3.05, 3.63) is 29.8 Å². The number of hydrogen-bond donors (Lipinski definition) is 2. The van der Waals surface area contributed by atoms with E-state index in [1.165, 1.54) is 18.9 Å². The normalized spacial score (nSPS) is 15.5. The van der Waals surface area contributed by atoms with Crippen molar-refractivity contribution in [1.82, 2.24) is 9.62 Å². The summed E-state index contributed by atoms with van der Waals surface area (Å²) >= 11 is 4.89. The smallest absolute Gasteiger partial charge is 0.241 e. The van der Waals surface area contributed by atoms with Gasteiger partial charge in [0.1, 0.15) is 4.99 Å². The summed E-state index contributed by atoms with van der Waals surface area (Å²) in [6.45, 7) is 1.07. The molecule has 2 rings (SSSR count). The van der Waals surface area contributed by atoms with Crippen LogP contribution in [0.2, 0.25) is 0 Å². The van der Waals surface area contributed by atoms with Crippen LogP contribution in [-0.4, -0.2) is 44.5 Å². The molecule has 0 heterocycles. The zero-order valence-corrected chi connectivity index (χ0v) is 13.0. The Balaban J connectivity index is 2.04. The fourth-order valence-corrected chi connectivity index (χ4v) is 3.52. The molecule has 0 unspecified atom stereocenters. The van der Waals surface area contributed by atoms with E-state index in [4.69, 9.17) is 18.0 Å². The summed E-state index contributed by atoms with van der Waals surface area (Å²) in [5, 5.41) is 0. The van der Waals surface area contributed by atoms with E-state index >= 15 is 0 Å². The minimum atomic E-state index is -3.58. The number of likely N-dealkylation sites (N-methyl/N-ethyl adjacent to an activating group) is 1. The predicted octanol–water partition coefficient (Wildman–Crippen LogP) is 0.693. The number of nitrogens with one attached hydrogen (secondary N) is 1. The van der Waals surface area contributed by atoms with Gasteiger partial charge in [0, 0.05) is 24.7 Å². The van der Waals surface area contributed by atoms with Crippen LogP contribution < -0.4 is 10.5 Å². The lowest BCUT2D eigenvalue weighted by atomic mass is 10.2. The number of nitrogens with zero attached hydrogens (tertiary/aromatic N) is 1. The van der Waals surface area contributed by atoms with Crippen molar-refractivity contribution in [3.8, 4) is 0 Å². The number of nitrogens with two attached hydrogens (primary N) is 1. The van der Waals surface area contributed by atoms with E-state index in [0.717, 1.165) is 0 Å². The van der Waals surface area contributed by atoms with Crippen molar-refractivity contribution < 1.29 is 8.42 Å². The Morgan fingerprint density at radius 3 is 2.70 bits per heavy atom. The van der Waals surface area contributed by atoms with Crippen LogP contribution in [0, 0.1) is 0 Å². The van der Waals surface area contributed by atoms with E-state index in [9.17, 15) is 8.42 Å². The van der Waals surface area contributed by atoms with Crippen LogP contribution in [0.5, 0.6) is 0 Å². The third-order valence-corrected chi connectivity index (χ3v) is 5.11. The first-order valence-electron chi connectivity index (χ1n) is 6.50. The molecule has 0 amide bonds. The van der Waals surface area contributed by atoms with Gasteiger partial charge in [-0.05, 0) is 26.0 Å². The number of rotatable bonds is 7. The summed E-state index contributed by atoms with van der Waals surface area (Å²) in [5.41, 5.74) is 5.95. The molecule has 7 heteroatoms. The van der Waals surface area contributed by atoms with E-state index in [1.54, 1.807) is 18.2 Å². The van der Waals surface area contributed by atoms with Gasteiger partial charge in [0.05, 0.1) is 4.90 Å². The average Bonchev–Trinajstić information content (AvgIpc) is 3.22. The van der Waals surface area contributed by atoms with Gasteiger partial charge in [-0.25, -0.2) is 13.1 Å². The van der Waals surface area contributed by atoms with Crippen molar-refractivity contribution in [2.24, 2.45) is 5.73 Å². The second-order valence-electron chi connectivity index (χ2n) is 4.97. The lowest BCUT2D eigenvalue weighted by Gasteiger charge is -2.16. The zero-order chi connectivity index (χ0) is 14.8. The Morgan fingerprint density at radius 2 is 2.10 bits per heavy atom. The summed E-state index contributed by atoms with van der Waals surface area (Å²) in [6.07, 6.45) is 2.40. The highest BCUT2D eigenvalue weighted by atomic mass is 32.2. The molecule has 20 heavy (non-hydrogen) atoms. The minimum absolute atomic E-state index is 0.0843. The van der Waals surface area contributed by atoms with Crippen LogP contribution >= 0.6 is 12.2 Å². The maximum Gasteiger partial charge on any atom is 0.241 e. The first kappa shape index (κ1) is 15.4. The predicted molar refractivity (Wildman–Crippen MR) is 83.2 cm³/mol. The maximum atomic E-state index is 12.3. The first-order chi connectivity index (χ1) is 9.42. The molecule has 1 aromatic rings. The van der Waals surface area contributed by atoms with E-state index in [0.29, 0.717) is 24.7 Å². The Labute approximate surface area is 125 Å². The van der Waals surface area contributed by atoms with E-state index < -0.39 is 10.0 Å². The van der Waals surface area contributed by atoms with Crippen LogP contribution in [0.1, 0.15) is 18.4 Å². The lowest BCUT2D eigenvalue weighted by molar-refractivity contribution is 0.329. The molecule has 0 saturated heterocycles. The summed E-state index contributed by atoms with van der Waals surface area (Å²) < 4.78 is 27.2. The summed E-state index contributed by atoms with van der Waals surface area (Å²) in [7, 11) is -1.57. The molecule has 0 aliphatic heterocycles. The fourth-order valence-electron chi connectivity index (χ4n) is 2.04. The van der Waals surface area contributed by atoms with Gasteiger partial charge in [-0.1, -0.05) is 30.4 Å². The van der Waals surface area contributed by atoms with Crippen LogP contribution in [0.15, 0.2) is 29.2 Å². The van der Waals surface area contributed by atoms with Crippen LogP contribution in [-0.2, 0) is 10.0 Å². The topological polar surface area (TPSA) is 75.4 Å². The highest BCUT2D eigenvalue weighted by Crippen LogP contribution is 2.24. The number of hydrogen-bond acceptors (Lipinski definition) is 4. The molecule has 1 fully saturated rings. The largest absolute Gasteiger partial charge is 0.389 e. The van der Waals surface area contributed by atoms with Gasteiger partial charge in [-0.15, -0.1) is 0 Å². The molecule has 0 spiro atoms. The Hall–Kier alpha value is -1.02. The molecule has 1 aliphatic rings. The van der Waals surface area contributed by atoms with Gasteiger partial charge in [-0.2, -0.15) is 0 Å². The highest BCUT2D eigenvalue weighted by Gasteiger charge is 2.26. The molecule has 110 valence electrons. The van der Waals surface area contributed by atoms with Crippen LogP contribution in [0.4, 0.5) is 0 Å². The summed E-state index contributed by atoms with van der Waals surface area (Å²) in [5.74, 6) is 0. The number of thiocarbonyl (C=S) groups is 1. The van der Waals surface area contributed by atoms with Gasteiger partial charge in [0.25, 0.3) is 0 Å². The van der Waals surface area contributed by atoms with Crippen molar-refractivity contribution in [2.75, 3.05) is 20.1 Å². The SMILES string of the molecule is CN(CCNS(=O)(=O)c1ccccc1C(N)=S)C1CC1. The summed E-state index contributed by atoms with van der Waals surface area (Å²) in [4.78, 5) is 2.39. The molecule has 1 aliphatic carbocycles. The standard InChI is InChI=1S/C13H19N3O2S2/c1-16(10-6-7-10)9-8-15-20(17,18)12-5-3-2-4-11(12)13(14)19/h2-5,10,15H,6-9H2,1H3,(H2,14,19). The second kappa shape index (κ2) is 6.17. The molecule has 1 saturated carbocycles. The summed E-state index contributed by atoms with van der Waals surface area (Å²) in [6, 6.07) is 7.12. The zero-order valence-electron chi connectivity index (χ0n) is 11.4. The van der Waals surface area contributed by atoms with Gasteiger partial charge in [0.15, 0.2) is 0 Å². The minimum Gasteiger partial charge on any atom is -0.389 e. The molecule has 0 radical (unpaired) electrons. The number of benzene rings is 1. The highest BCUT2D eigenvalue weighted by molar-refractivity contribution is 7.89. The molecule has 3 N–H and O–H groups in total. The van der Waals surface area contributed by atoms with Gasteiger partial charge >= 0.3 is 0 Å². The van der Waals surface area contributed by atoms with E-state index in [2.05, 4.69) is 9.62 Å². The molecule has 1 aromatic carbocycles. The Morgan fingerprint density at radius 1 is 1.45 bits per heavy atom. The third kappa shape index (κ3) is 3.76. The fraction of sp³-hybridized carbons (Fsp3) is 0.462. The van der Waals surface area contributed by atoms with Gasteiger partial charge < -0.3 is 10.6 Å². The van der Waals surface area contributed by atoms with Crippen molar-refractivity contribution in [1.29, 1.82) is 0 Å². The number of sulfonamides is 1. The van der Waals surface area contributed by atoms with Gasteiger partial charge in [-0.3, -0.25) is 0 Å². The molecule has 0 aromatic heterocycles. The molecule has 0 atom stereocenters. The van der Waals surface area contributed by atoms with E-state index in [1.807, 2.05) is 7.05 Å². The average molecular weight is 313 g/mol. The first-order valence-corrected chi connectivity index (χ1v) is 8.39. The lowest BCUT2D eigenvalue weighted by Crippen LogP contribution is -2.34. The molecular formula is C13H19N3O2S2. The van der Waals surface area contributed by atoms with Crippen molar-refractivity contribution in [2.45, 2.75) is 23.8 Å². The van der Waals surface area contributed by atoms with Crippen molar-refractivity contribution in [3.63, 3.8) is 0 Å². The second-order valence-corrected chi connectivity index (χ2v) is 7.15. The molecule has 5 nitrogen and oxygen atoms in total. The third-order valence-electron chi connectivity index (χ3n) is 3.37. The van der Waals surface area contributed by atoms with E-state index in [-0.39, 0.29) is 9.88 Å². The van der Waals surface area contributed by atoms with Crippen molar-refractivity contribution >= 4 is 27.2 Å².